The average molecular weight is 335 g/mol. The lowest BCUT2D eigenvalue weighted by atomic mass is 9.73. The first-order chi connectivity index (χ1) is 12.0. The third kappa shape index (κ3) is 1.63. The van der Waals surface area contributed by atoms with Crippen LogP contribution in [0.3, 0.4) is 0 Å². The van der Waals surface area contributed by atoms with Crippen molar-refractivity contribution in [3.8, 4) is 0 Å². The lowest BCUT2D eigenvalue weighted by Crippen LogP contribution is -2.47. The van der Waals surface area contributed by atoms with Gasteiger partial charge in [-0.3, -0.25) is 4.79 Å². The predicted octanol–water partition coefficient (Wildman–Crippen LogP) is 3.23. The summed E-state index contributed by atoms with van der Waals surface area (Å²) >= 11 is 0. The van der Waals surface area contributed by atoms with Crippen LogP contribution in [0.5, 0.6) is 0 Å². The molecule has 3 heterocycles. The number of carbonyl (C=O) groups excluding carboxylic acids is 1. The molecule has 1 saturated heterocycles. The fraction of sp³-hybridized carbons (Fsp3) is 0.250. The number of likely N-dealkylation sites (N-methyl/N-ethyl adjacent to an activating group) is 2. The van der Waals surface area contributed by atoms with Gasteiger partial charge in [-0.1, -0.05) is 18.2 Å². The third-order valence-corrected chi connectivity index (χ3v) is 5.89. The minimum Gasteiger partial charge on any atom is -0.361 e. The minimum absolute atomic E-state index is 0.0820. The first kappa shape index (κ1) is 14.5. The number of likely N-dealkylation sites (tertiary alicyclic amines) is 1. The number of nitrogens with zero attached hydrogens (tertiary/aromatic N) is 2. The van der Waals surface area contributed by atoms with Gasteiger partial charge in [0.1, 0.15) is 12.0 Å². The number of rotatable bonds is 1. The van der Waals surface area contributed by atoms with E-state index in [2.05, 4.69) is 22.0 Å². The van der Waals surface area contributed by atoms with Gasteiger partial charge in [-0.05, 0) is 35.4 Å². The summed E-state index contributed by atoms with van der Waals surface area (Å²) in [5, 5.41) is 0.972. The van der Waals surface area contributed by atoms with Crippen molar-refractivity contribution in [3.63, 3.8) is 0 Å². The number of H-pyrrole nitrogens is 1. The number of halogens is 1. The van der Waals surface area contributed by atoms with E-state index in [1.54, 1.807) is 0 Å². The Labute approximate surface area is 144 Å². The summed E-state index contributed by atoms with van der Waals surface area (Å²) in [4.78, 5) is 19.9. The maximum atomic E-state index is 13.6. The molecule has 0 spiro atoms. The predicted molar refractivity (Wildman–Crippen MR) is 95.1 cm³/mol. The van der Waals surface area contributed by atoms with Crippen LogP contribution in [0, 0.1) is 5.82 Å². The van der Waals surface area contributed by atoms with Crippen LogP contribution in [0.4, 0.5) is 10.1 Å². The summed E-state index contributed by atoms with van der Waals surface area (Å²) in [5.74, 6) is -0.138. The van der Waals surface area contributed by atoms with E-state index in [4.69, 9.17) is 0 Å². The molecule has 2 aliphatic rings. The zero-order valence-corrected chi connectivity index (χ0v) is 14.1. The highest BCUT2D eigenvalue weighted by Gasteiger charge is 2.60. The second-order valence-electron chi connectivity index (χ2n) is 7.05. The van der Waals surface area contributed by atoms with Crippen LogP contribution >= 0.6 is 0 Å². The standard InChI is InChI=1S/C20H18FN3O/c1-23-17-6-4-3-5-14(17)20(10-18(25)24(2)19(20)23)15-11-22-16-9-12(21)7-8-13(15)16/h3-9,11,19,22H,10H2,1-2H3/t19-,20-/m0/s1. The van der Waals surface area contributed by atoms with Crippen molar-refractivity contribution < 1.29 is 9.18 Å². The number of aromatic amines is 1. The van der Waals surface area contributed by atoms with Gasteiger partial charge in [-0.15, -0.1) is 0 Å². The van der Waals surface area contributed by atoms with Gasteiger partial charge in [0, 0.05) is 43.3 Å². The van der Waals surface area contributed by atoms with Gasteiger partial charge >= 0.3 is 0 Å². The van der Waals surface area contributed by atoms with E-state index in [0.29, 0.717) is 6.42 Å². The van der Waals surface area contributed by atoms with E-state index in [1.807, 2.05) is 43.4 Å². The molecule has 0 saturated carbocycles. The van der Waals surface area contributed by atoms with Crippen molar-refractivity contribution in [3.05, 3.63) is 65.6 Å². The van der Waals surface area contributed by atoms with Crippen molar-refractivity contribution in [2.75, 3.05) is 19.0 Å². The first-order valence-corrected chi connectivity index (χ1v) is 8.39. The molecule has 2 aliphatic heterocycles. The fourth-order valence-electron chi connectivity index (χ4n) is 4.88. The van der Waals surface area contributed by atoms with Crippen LogP contribution in [0.15, 0.2) is 48.7 Å². The molecule has 0 radical (unpaired) electrons. The monoisotopic (exact) mass is 335 g/mol. The van der Waals surface area contributed by atoms with Crippen LogP contribution in [0.25, 0.3) is 10.9 Å². The lowest BCUT2D eigenvalue weighted by Gasteiger charge is -2.34. The quantitative estimate of drug-likeness (QED) is 0.742. The Hall–Kier alpha value is -2.82. The van der Waals surface area contributed by atoms with Gasteiger partial charge in [0.25, 0.3) is 0 Å². The maximum Gasteiger partial charge on any atom is 0.225 e. The Morgan fingerprint density at radius 2 is 1.92 bits per heavy atom. The summed E-state index contributed by atoms with van der Waals surface area (Å²) in [6.45, 7) is 0. The molecule has 25 heavy (non-hydrogen) atoms. The number of benzene rings is 2. The Morgan fingerprint density at radius 3 is 2.76 bits per heavy atom. The molecule has 3 aromatic rings. The molecule has 1 fully saturated rings. The summed E-state index contributed by atoms with van der Waals surface area (Å²) in [7, 11) is 3.90. The molecule has 126 valence electrons. The van der Waals surface area contributed by atoms with Crippen molar-refractivity contribution in [2.24, 2.45) is 0 Å². The molecule has 0 aliphatic carbocycles. The maximum absolute atomic E-state index is 13.6. The van der Waals surface area contributed by atoms with E-state index in [1.165, 1.54) is 12.1 Å². The lowest BCUT2D eigenvalue weighted by molar-refractivity contribution is -0.127. The van der Waals surface area contributed by atoms with Gasteiger partial charge in [0.2, 0.25) is 5.91 Å². The highest BCUT2D eigenvalue weighted by molar-refractivity contribution is 5.93. The number of hydrogen-bond donors (Lipinski definition) is 1. The molecule has 1 aromatic heterocycles. The largest absolute Gasteiger partial charge is 0.361 e. The zero-order valence-electron chi connectivity index (χ0n) is 14.1. The molecule has 2 atom stereocenters. The molecule has 5 rings (SSSR count). The van der Waals surface area contributed by atoms with Crippen LogP contribution in [0.2, 0.25) is 0 Å². The van der Waals surface area contributed by atoms with E-state index in [-0.39, 0.29) is 17.9 Å². The SMILES string of the molecule is CN1C(=O)C[C@@]2(c3c[nH]c4cc(F)ccc34)c3ccccc3N(C)[C@@H]12. The van der Waals surface area contributed by atoms with E-state index in [0.717, 1.165) is 27.7 Å². The third-order valence-electron chi connectivity index (χ3n) is 5.89. The van der Waals surface area contributed by atoms with Crippen LogP contribution in [0.1, 0.15) is 17.5 Å². The van der Waals surface area contributed by atoms with Crippen molar-refractivity contribution >= 4 is 22.5 Å². The Balaban J connectivity index is 1.86. The number of hydrogen-bond acceptors (Lipinski definition) is 2. The van der Waals surface area contributed by atoms with Crippen molar-refractivity contribution in [1.29, 1.82) is 0 Å². The van der Waals surface area contributed by atoms with E-state index in [9.17, 15) is 9.18 Å². The van der Waals surface area contributed by atoms with E-state index < -0.39 is 5.41 Å². The van der Waals surface area contributed by atoms with Gasteiger partial charge in [0.15, 0.2) is 0 Å². The normalized spacial score (nSPS) is 24.9. The summed E-state index contributed by atoms with van der Waals surface area (Å²) in [6, 6.07) is 13.1. The van der Waals surface area contributed by atoms with Gasteiger partial charge < -0.3 is 14.8 Å². The molecule has 0 unspecified atom stereocenters. The van der Waals surface area contributed by atoms with Gasteiger partial charge in [0.05, 0.1) is 5.41 Å². The number of para-hydroxylation sites is 1. The molecule has 5 heteroatoms. The smallest absolute Gasteiger partial charge is 0.225 e. The minimum atomic E-state index is -0.451. The summed E-state index contributed by atoms with van der Waals surface area (Å²) < 4.78 is 13.6. The molecule has 2 aromatic carbocycles. The Kier molecular flexibility index (Phi) is 2.69. The molecule has 1 amide bonds. The number of anilines is 1. The highest BCUT2D eigenvalue weighted by atomic mass is 19.1. The second-order valence-corrected chi connectivity index (χ2v) is 7.05. The van der Waals surface area contributed by atoms with Crippen molar-refractivity contribution in [2.45, 2.75) is 18.0 Å². The second kappa shape index (κ2) is 4.63. The van der Waals surface area contributed by atoms with Crippen LogP contribution < -0.4 is 4.90 Å². The number of nitrogens with one attached hydrogen (secondary N) is 1. The number of amides is 1. The Morgan fingerprint density at radius 1 is 1.12 bits per heavy atom. The number of carbonyl (C=O) groups is 1. The zero-order chi connectivity index (χ0) is 17.3. The molecular weight excluding hydrogens is 317 g/mol. The van der Waals surface area contributed by atoms with E-state index >= 15 is 0 Å². The highest BCUT2D eigenvalue weighted by Crippen LogP contribution is 2.56. The summed E-state index contributed by atoms with van der Waals surface area (Å²) in [6.07, 6.45) is 2.28. The number of fused-ring (bicyclic) bond motifs is 4. The van der Waals surface area contributed by atoms with Gasteiger partial charge in [-0.2, -0.15) is 0 Å². The topological polar surface area (TPSA) is 39.3 Å². The van der Waals surface area contributed by atoms with Gasteiger partial charge in [-0.25, -0.2) is 4.39 Å². The molecule has 1 N–H and O–H groups in total. The number of aromatic nitrogens is 1. The van der Waals surface area contributed by atoms with Crippen molar-refractivity contribution in [1.82, 2.24) is 9.88 Å². The molecule has 0 bridgehead atoms. The van der Waals surface area contributed by atoms with Crippen LogP contribution in [-0.4, -0.2) is 36.1 Å². The first-order valence-electron chi connectivity index (χ1n) is 8.39. The van der Waals surface area contributed by atoms with Crippen LogP contribution in [-0.2, 0) is 10.2 Å². The fourth-order valence-corrected chi connectivity index (χ4v) is 4.88. The Bertz CT molecular complexity index is 1030. The summed E-state index contributed by atoms with van der Waals surface area (Å²) in [5.41, 5.74) is 3.67. The molecular formula is C20H18FN3O. The molecule has 4 nitrogen and oxygen atoms in total. The average Bonchev–Trinajstić information content (AvgIpc) is 3.21.